The fourth-order valence-electron chi connectivity index (χ4n) is 1.67. The maximum atomic E-state index is 10.1. The van der Waals surface area contributed by atoms with E-state index in [1.165, 1.54) is 0 Å². The molecular formula is C14H12BrCl2NO. The van der Waals surface area contributed by atoms with E-state index in [2.05, 4.69) is 21.2 Å². The first kappa shape index (κ1) is 14.7. The van der Waals surface area contributed by atoms with Gasteiger partial charge in [0.15, 0.2) is 0 Å². The van der Waals surface area contributed by atoms with E-state index in [1.807, 2.05) is 18.2 Å². The van der Waals surface area contributed by atoms with E-state index in [-0.39, 0.29) is 0 Å². The summed E-state index contributed by atoms with van der Waals surface area (Å²) in [5.41, 5.74) is 1.67. The lowest BCUT2D eigenvalue weighted by Gasteiger charge is -2.14. The minimum absolute atomic E-state index is 0.397. The van der Waals surface area contributed by atoms with E-state index >= 15 is 0 Å². The van der Waals surface area contributed by atoms with Gasteiger partial charge in [-0.05, 0) is 48.0 Å². The van der Waals surface area contributed by atoms with Gasteiger partial charge < -0.3 is 10.4 Å². The summed E-state index contributed by atoms with van der Waals surface area (Å²) in [7, 11) is 0. The van der Waals surface area contributed by atoms with Crippen molar-refractivity contribution >= 4 is 44.8 Å². The SMILES string of the molecule is OC(CNc1ccc(Cl)cc1)c1cc(Cl)cc(Br)c1. The molecule has 2 rings (SSSR count). The van der Waals surface area contributed by atoms with Crippen LogP contribution in [-0.4, -0.2) is 11.7 Å². The first-order valence-corrected chi connectivity index (χ1v) is 7.23. The quantitative estimate of drug-likeness (QED) is 0.812. The fourth-order valence-corrected chi connectivity index (χ4v) is 2.68. The number of benzene rings is 2. The number of aliphatic hydroxyl groups is 1. The van der Waals surface area contributed by atoms with Crippen molar-refractivity contribution in [1.82, 2.24) is 0 Å². The van der Waals surface area contributed by atoms with Crippen molar-refractivity contribution in [2.75, 3.05) is 11.9 Å². The van der Waals surface area contributed by atoms with Gasteiger partial charge in [0.25, 0.3) is 0 Å². The molecule has 0 heterocycles. The van der Waals surface area contributed by atoms with Crippen molar-refractivity contribution < 1.29 is 5.11 Å². The van der Waals surface area contributed by atoms with Gasteiger partial charge in [-0.3, -0.25) is 0 Å². The molecule has 0 fully saturated rings. The minimum Gasteiger partial charge on any atom is -0.387 e. The number of anilines is 1. The van der Waals surface area contributed by atoms with Crippen LogP contribution in [0, 0.1) is 0 Å². The highest BCUT2D eigenvalue weighted by Crippen LogP contribution is 2.24. The number of nitrogens with one attached hydrogen (secondary N) is 1. The third kappa shape index (κ3) is 4.39. The molecule has 0 amide bonds. The minimum atomic E-state index is -0.634. The van der Waals surface area contributed by atoms with Crippen LogP contribution >= 0.6 is 39.1 Å². The Morgan fingerprint density at radius 1 is 1.05 bits per heavy atom. The Bertz CT molecular complexity index is 540. The van der Waals surface area contributed by atoms with E-state index in [0.29, 0.717) is 16.6 Å². The summed E-state index contributed by atoms with van der Waals surface area (Å²) >= 11 is 15.1. The summed E-state index contributed by atoms with van der Waals surface area (Å²) in [5.74, 6) is 0. The van der Waals surface area contributed by atoms with Gasteiger partial charge in [-0.25, -0.2) is 0 Å². The Labute approximate surface area is 130 Å². The van der Waals surface area contributed by atoms with Gasteiger partial charge in [0, 0.05) is 26.8 Å². The Morgan fingerprint density at radius 3 is 2.37 bits per heavy atom. The second-order valence-electron chi connectivity index (χ2n) is 4.11. The Balaban J connectivity index is 2.00. The van der Waals surface area contributed by atoms with E-state index in [9.17, 15) is 5.11 Å². The van der Waals surface area contributed by atoms with Gasteiger partial charge >= 0.3 is 0 Å². The number of halogens is 3. The smallest absolute Gasteiger partial charge is 0.0963 e. The van der Waals surface area contributed by atoms with Gasteiger partial charge in [0.05, 0.1) is 6.10 Å². The summed E-state index contributed by atoms with van der Waals surface area (Å²) in [6.07, 6.45) is -0.634. The van der Waals surface area contributed by atoms with Crippen molar-refractivity contribution in [2.45, 2.75) is 6.10 Å². The monoisotopic (exact) mass is 359 g/mol. The Hall–Kier alpha value is -0.740. The van der Waals surface area contributed by atoms with Crippen LogP contribution in [0.15, 0.2) is 46.9 Å². The van der Waals surface area contributed by atoms with Gasteiger partial charge in [0.2, 0.25) is 0 Å². The number of aliphatic hydroxyl groups excluding tert-OH is 1. The lowest BCUT2D eigenvalue weighted by Crippen LogP contribution is -2.12. The van der Waals surface area contributed by atoms with Crippen LogP contribution in [0.25, 0.3) is 0 Å². The van der Waals surface area contributed by atoms with E-state index < -0.39 is 6.10 Å². The molecule has 1 atom stereocenters. The first-order chi connectivity index (χ1) is 9.04. The second-order valence-corrected chi connectivity index (χ2v) is 5.89. The van der Waals surface area contributed by atoms with Crippen LogP contribution in [0.1, 0.15) is 11.7 Å². The molecule has 0 bridgehead atoms. The molecule has 100 valence electrons. The van der Waals surface area contributed by atoms with Crippen molar-refractivity contribution in [3.05, 3.63) is 62.5 Å². The summed E-state index contributed by atoms with van der Waals surface area (Å²) in [4.78, 5) is 0. The van der Waals surface area contributed by atoms with Crippen molar-refractivity contribution in [1.29, 1.82) is 0 Å². The highest BCUT2D eigenvalue weighted by atomic mass is 79.9. The van der Waals surface area contributed by atoms with Crippen LogP contribution in [0.5, 0.6) is 0 Å². The molecule has 2 aromatic carbocycles. The molecule has 0 aliphatic rings. The maximum absolute atomic E-state index is 10.1. The van der Waals surface area contributed by atoms with E-state index in [4.69, 9.17) is 23.2 Å². The topological polar surface area (TPSA) is 32.3 Å². The summed E-state index contributed by atoms with van der Waals surface area (Å²) in [6, 6.07) is 12.7. The molecule has 0 saturated heterocycles. The van der Waals surface area contributed by atoms with E-state index in [0.717, 1.165) is 15.7 Å². The van der Waals surface area contributed by atoms with Crippen LogP contribution in [-0.2, 0) is 0 Å². The Morgan fingerprint density at radius 2 is 1.74 bits per heavy atom. The summed E-state index contributed by atoms with van der Waals surface area (Å²) in [5, 5.41) is 14.5. The zero-order chi connectivity index (χ0) is 13.8. The summed E-state index contributed by atoms with van der Waals surface area (Å²) < 4.78 is 0.848. The molecule has 0 saturated carbocycles. The maximum Gasteiger partial charge on any atom is 0.0963 e. The number of hydrogen-bond acceptors (Lipinski definition) is 2. The molecule has 0 aliphatic heterocycles. The van der Waals surface area contributed by atoms with Crippen molar-refractivity contribution in [3.63, 3.8) is 0 Å². The Kier molecular flexibility index (Phi) is 5.11. The van der Waals surface area contributed by atoms with Crippen molar-refractivity contribution in [3.8, 4) is 0 Å². The predicted molar refractivity (Wildman–Crippen MR) is 84.1 cm³/mol. The van der Waals surface area contributed by atoms with Crippen LogP contribution in [0.2, 0.25) is 10.0 Å². The molecule has 2 nitrogen and oxygen atoms in total. The molecule has 2 N–H and O–H groups in total. The average molecular weight is 361 g/mol. The number of hydrogen-bond donors (Lipinski definition) is 2. The lowest BCUT2D eigenvalue weighted by molar-refractivity contribution is 0.191. The zero-order valence-corrected chi connectivity index (χ0v) is 13.0. The second kappa shape index (κ2) is 6.62. The molecule has 0 aromatic heterocycles. The van der Waals surface area contributed by atoms with Crippen LogP contribution in [0.3, 0.4) is 0 Å². The highest BCUT2D eigenvalue weighted by Gasteiger charge is 2.09. The average Bonchev–Trinajstić information content (AvgIpc) is 2.36. The lowest BCUT2D eigenvalue weighted by atomic mass is 10.1. The number of rotatable bonds is 4. The summed E-state index contributed by atoms with van der Waals surface area (Å²) in [6.45, 7) is 0.397. The van der Waals surface area contributed by atoms with Crippen LogP contribution in [0.4, 0.5) is 5.69 Å². The molecule has 2 aromatic rings. The molecule has 0 aliphatic carbocycles. The molecular weight excluding hydrogens is 349 g/mol. The van der Waals surface area contributed by atoms with Gasteiger partial charge in [0.1, 0.15) is 0 Å². The van der Waals surface area contributed by atoms with E-state index in [1.54, 1.807) is 24.3 Å². The third-order valence-corrected chi connectivity index (χ3v) is 3.54. The standard InChI is InChI=1S/C14H12BrCl2NO/c15-10-5-9(6-12(17)7-10)14(19)8-18-13-3-1-11(16)2-4-13/h1-7,14,18-19H,8H2. The normalized spacial score (nSPS) is 12.2. The molecule has 19 heavy (non-hydrogen) atoms. The third-order valence-electron chi connectivity index (χ3n) is 2.61. The van der Waals surface area contributed by atoms with Crippen molar-refractivity contribution in [2.24, 2.45) is 0 Å². The van der Waals surface area contributed by atoms with Crippen LogP contribution < -0.4 is 5.32 Å². The molecule has 0 spiro atoms. The van der Waals surface area contributed by atoms with Gasteiger partial charge in [-0.1, -0.05) is 39.1 Å². The fraction of sp³-hybridized carbons (Fsp3) is 0.143. The molecule has 0 radical (unpaired) electrons. The zero-order valence-electron chi connectivity index (χ0n) is 9.91. The predicted octanol–water partition coefficient (Wildman–Crippen LogP) is 4.90. The molecule has 5 heteroatoms. The van der Waals surface area contributed by atoms with Gasteiger partial charge in [-0.15, -0.1) is 0 Å². The molecule has 1 unspecified atom stereocenters. The van der Waals surface area contributed by atoms with Gasteiger partial charge in [-0.2, -0.15) is 0 Å². The highest BCUT2D eigenvalue weighted by molar-refractivity contribution is 9.10. The first-order valence-electron chi connectivity index (χ1n) is 5.68. The largest absolute Gasteiger partial charge is 0.387 e.